The van der Waals surface area contributed by atoms with Gasteiger partial charge in [0.05, 0.1) is 5.02 Å². The number of hydrogen-bond acceptors (Lipinski definition) is 3. The summed E-state index contributed by atoms with van der Waals surface area (Å²) in [6.07, 6.45) is 0. The fraction of sp³-hybridized carbons (Fsp3) is 0.0500. The third kappa shape index (κ3) is 4.84. The largest absolute Gasteiger partial charge is 0.322 e. The van der Waals surface area contributed by atoms with Crippen molar-refractivity contribution in [3.8, 4) is 0 Å². The van der Waals surface area contributed by atoms with Crippen LogP contribution in [-0.2, 0) is 10.0 Å². The van der Waals surface area contributed by atoms with E-state index in [4.69, 9.17) is 11.6 Å². The molecule has 3 aromatic rings. The molecule has 0 saturated heterocycles. The van der Waals surface area contributed by atoms with Crippen molar-refractivity contribution in [2.45, 2.75) is 11.8 Å². The maximum atomic E-state index is 12.7. The summed E-state index contributed by atoms with van der Waals surface area (Å²) in [6.45, 7) is 1.89. The van der Waals surface area contributed by atoms with Gasteiger partial charge in [-0.25, -0.2) is 8.42 Å². The zero-order valence-corrected chi connectivity index (χ0v) is 18.5. The zero-order valence-electron chi connectivity index (χ0n) is 14.7. The van der Waals surface area contributed by atoms with E-state index < -0.39 is 15.9 Å². The van der Waals surface area contributed by atoms with Crippen LogP contribution in [0.4, 0.5) is 11.4 Å². The quantitative estimate of drug-likeness (QED) is 0.443. The van der Waals surface area contributed by atoms with Crippen molar-refractivity contribution in [1.82, 2.24) is 0 Å². The third-order valence-corrected chi connectivity index (χ3v) is 6.48. The predicted octanol–water partition coefficient (Wildman–Crippen LogP) is 5.31. The fourth-order valence-electron chi connectivity index (χ4n) is 2.53. The van der Waals surface area contributed by atoms with Crippen LogP contribution in [0.25, 0.3) is 0 Å². The summed E-state index contributed by atoms with van der Waals surface area (Å²) in [6, 6.07) is 18.2. The summed E-state index contributed by atoms with van der Waals surface area (Å²) in [7, 11) is -3.95. The average molecular weight is 527 g/mol. The summed E-state index contributed by atoms with van der Waals surface area (Å²) in [5, 5.41) is 2.83. The van der Waals surface area contributed by atoms with Crippen LogP contribution in [0.5, 0.6) is 0 Å². The molecule has 0 aliphatic heterocycles. The highest BCUT2D eigenvalue weighted by molar-refractivity contribution is 14.1. The maximum Gasteiger partial charge on any atom is 0.263 e. The maximum absolute atomic E-state index is 12.7. The Kier molecular flexibility index (Phi) is 6.26. The van der Waals surface area contributed by atoms with Crippen LogP contribution in [0.2, 0.25) is 5.02 Å². The Balaban J connectivity index is 1.89. The molecule has 0 heterocycles. The Morgan fingerprint density at radius 1 is 1.00 bits per heavy atom. The lowest BCUT2D eigenvalue weighted by molar-refractivity contribution is 0.102. The molecule has 0 atom stereocenters. The van der Waals surface area contributed by atoms with Crippen molar-refractivity contribution < 1.29 is 13.2 Å². The van der Waals surface area contributed by atoms with E-state index in [1.807, 2.05) is 19.1 Å². The van der Waals surface area contributed by atoms with Gasteiger partial charge in [0, 0.05) is 20.5 Å². The lowest BCUT2D eigenvalue weighted by Crippen LogP contribution is -2.16. The normalized spacial score (nSPS) is 11.1. The molecular formula is C20H16ClIN2O3S. The first kappa shape index (κ1) is 20.6. The second-order valence-electron chi connectivity index (χ2n) is 6.03. The highest BCUT2D eigenvalue weighted by atomic mass is 127. The van der Waals surface area contributed by atoms with E-state index >= 15 is 0 Å². The molecule has 0 aliphatic carbocycles. The third-order valence-electron chi connectivity index (χ3n) is 3.95. The smallest absolute Gasteiger partial charge is 0.263 e. The summed E-state index contributed by atoms with van der Waals surface area (Å²) >= 11 is 8.29. The fourth-order valence-corrected chi connectivity index (χ4v) is 4.76. The molecule has 3 rings (SSSR count). The van der Waals surface area contributed by atoms with Gasteiger partial charge in [0.25, 0.3) is 15.9 Å². The molecule has 8 heteroatoms. The summed E-state index contributed by atoms with van der Waals surface area (Å²) in [5.41, 5.74) is 2.17. The number of benzene rings is 3. The van der Waals surface area contributed by atoms with E-state index in [1.54, 1.807) is 36.4 Å². The molecule has 0 saturated carbocycles. The van der Waals surface area contributed by atoms with E-state index in [-0.39, 0.29) is 15.5 Å². The Morgan fingerprint density at radius 3 is 2.39 bits per heavy atom. The van der Waals surface area contributed by atoms with E-state index in [0.717, 1.165) is 9.13 Å². The number of anilines is 2. The standard InChI is InChI=1S/C20H16ClIN2O3S/c1-13-11-15(22)8-10-18(13)23-20(25)14-7-9-17(21)19(12-14)28(26,27)24-16-5-3-2-4-6-16/h2-12,24H,1H3,(H,23,25). The van der Waals surface area contributed by atoms with Crippen LogP contribution >= 0.6 is 34.2 Å². The Morgan fingerprint density at radius 2 is 1.71 bits per heavy atom. The molecule has 0 aromatic heterocycles. The van der Waals surface area contributed by atoms with Gasteiger partial charge in [0.1, 0.15) is 4.90 Å². The number of sulfonamides is 1. The van der Waals surface area contributed by atoms with Crippen LogP contribution in [0.3, 0.4) is 0 Å². The first-order valence-electron chi connectivity index (χ1n) is 8.21. The molecule has 0 unspecified atom stereocenters. The zero-order chi connectivity index (χ0) is 20.3. The van der Waals surface area contributed by atoms with E-state index in [9.17, 15) is 13.2 Å². The Hall–Kier alpha value is -2.10. The number of amides is 1. The molecule has 1 amide bonds. The molecule has 0 spiro atoms. The van der Waals surface area contributed by atoms with Crippen LogP contribution < -0.4 is 10.0 Å². The second-order valence-corrected chi connectivity index (χ2v) is 9.33. The topological polar surface area (TPSA) is 75.3 Å². The summed E-state index contributed by atoms with van der Waals surface area (Å²) in [5.74, 6) is -0.419. The lowest BCUT2D eigenvalue weighted by Gasteiger charge is -2.12. The molecule has 0 radical (unpaired) electrons. The number of halogens is 2. The molecule has 2 N–H and O–H groups in total. The van der Waals surface area contributed by atoms with Crippen LogP contribution in [0.15, 0.2) is 71.6 Å². The monoisotopic (exact) mass is 526 g/mol. The van der Waals surface area contributed by atoms with Gasteiger partial charge in [-0.3, -0.25) is 9.52 Å². The van der Waals surface area contributed by atoms with Crippen LogP contribution in [0, 0.1) is 10.5 Å². The van der Waals surface area contributed by atoms with Gasteiger partial charge in [0.15, 0.2) is 0 Å². The van der Waals surface area contributed by atoms with E-state index in [2.05, 4.69) is 32.6 Å². The van der Waals surface area contributed by atoms with Crippen LogP contribution in [0.1, 0.15) is 15.9 Å². The van der Waals surface area contributed by atoms with Crippen molar-refractivity contribution in [2.75, 3.05) is 10.0 Å². The molecule has 0 bridgehead atoms. The number of carbonyl (C=O) groups is 1. The highest BCUT2D eigenvalue weighted by Crippen LogP contribution is 2.26. The van der Waals surface area contributed by atoms with E-state index in [1.165, 1.54) is 18.2 Å². The Labute approximate surface area is 182 Å². The SMILES string of the molecule is Cc1cc(I)ccc1NC(=O)c1ccc(Cl)c(S(=O)(=O)Nc2ccccc2)c1. The summed E-state index contributed by atoms with van der Waals surface area (Å²) < 4.78 is 29.0. The van der Waals surface area contributed by atoms with Gasteiger partial charge in [-0.15, -0.1) is 0 Å². The molecule has 28 heavy (non-hydrogen) atoms. The number of aryl methyl sites for hydroxylation is 1. The van der Waals surface area contributed by atoms with Gasteiger partial charge in [0.2, 0.25) is 0 Å². The van der Waals surface area contributed by atoms with Crippen LogP contribution in [-0.4, -0.2) is 14.3 Å². The Bertz CT molecular complexity index is 1140. The van der Waals surface area contributed by atoms with Crippen molar-refractivity contribution >= 4 is 61.5 Å². The first-order chi connectivity index (χ1) is 13.3. The summed E-state index contributed by atoms with van der Waals surface area (Å²) in [4.78, 5) is 12.5. The second kappa shape index (κ2) is 8.50. The molecule has 0 fully saturated rings. The molecule has 144 valence electrons. The van der Waals surface area contributed by atoms with Gasteiger partial charge in [-0.05, 0) is 83.6 Å². The lowest BCUT2D eigenvalue weighted by atomic mass is 10.1. The van der Waals surface area contributed by atoms with Gasteiger partial charge in [-0.1, -0.05) is 29.8 Å². The van der Waals surface area contributed by atoms with Crippen molar-refractivity contribution in [3.05, 3.63) is 86.4 Å². The predicted molar refractivity (Wildman–Crippen MR) is 121 cm³/mol. The average Bonchev–Trinajstić information content (AvgIpc) is 2.64. The number of carbonyl (C=O) groups excluding carboxylic acids is 1. The molecular weight excluding hydrogens is 511 g/mol. The number of rotatable bonds is 5. The molecule has 3 aromatic carbocycles. The number of hydrogen-bond donors (Lipinski definition) is 2. The molecule has 5 nitrogen and oxygen atoms in total. The van der Waals surface area contributed by atoms with Crippen molar-refractivity contribution in [2.24, 2.45) is 0 Å². The van der Waals surface area contributed by atoms with Crippen molar-refractivity contribution in [1.29, 1.82) is 0 Å². The van der Waals surface area contributed by atoms with Gasteiger partial charge in [-0.2, -0.15) is 0 Å². The minimum Gasteiger partial charge on any atom is -0.322 e. The van der Waals surface area contributed by atoms with E-state index in [0.29, 0.717) is 11.4 Å². The van der Waals surface area contributed by atoms with Gasteiger partial charge < -0.3 is 5.32 Å². The minimum atomic E-state index is -3.95. The van der Waals surface area contributed by atoms with Crippen molar-refractivity contribution in [3.63, 3.8) is 0 Å². The van der Waals surface area contributed by atoms with Gasteiger partial charge >= 0.3 is 0 Å². The number of para-hydroxylation sites is 1. The number of nitrogens with one attached hydrogen (secondary N) is 2. The molecule has 0 aliphatic rings. The first-order valence-corrected chi connectivity index (χ1v) is 11.2. The highest BCUT2D eigenvalue weighted by Gasteiger charge is 2.20. The minimum absolute atomic E-state index is 0.0328.